The number of ether oxygens (including phenoxy) is 1. The van der Waals surface area contributed by atoms with Gasteiger partial charge < -0.3 is 19.9 Å². The van der Waals surface area contributed by atoms with Gasteiger partial charge in [0.05, 0.1) is 6.10 Å². The van der Waals surface area contributed by atoms with E-state index >= 15 is 0 Å². The lowest BCUT2D eigenvalue weighted by molar-refractivity contribution is -0.00923. The third-order valence-corrected chi connectivity index (χ3v) is 4.56. The quantitative estimate of drug-likeness (QED) is 0.868. The minimum Gasteiger partial charge on any atom is -0.378 e. The summed E-state index contributed by atoms with van der Waals surface area (Å²) in [5.41, 5.74) is 0. The maximum atomic E-state index is 12.3. The van der Waals surface area contributed by atoms with E-state index in [1.807, 2.05) is 13.8 Å². The third-order valence-electron chi connectivity index (χ3n) is 4.56. The van der Waals surface area contributed by atoms with E-state index in [-0.39, 0.29) is 24.0 Å². The number of hydrogen-bond donors (Lipinski definition) is 2. The Morgan fingerprint density at radius 2 is 2.09 bits per heavy atom. The predicted octanol–water partition coefficient (Wildman–Crippen LogP) is 2.33. The first-order valence-electron chi connectivity index (χ1n) is 8.51. The average molecular weight is 322 g/mol. The summed E-state index contributed by atoms with van der Waals surface area (Å²) in [5.74, 6) is 1.89. The molecule has 1 aromatic rings. The van der Waals surface area contributed by atoms with Gasteiger partial charge in [-0.1, -0.05) is 19.0 Å². The third kappa shape index (κ3) is 4.22. The first-order valence-corrected chi connectivity index (χ1v) is 8.51. The van der Waals surface area contributed by atoms with E-state index < -0.39 is 0 Å². The van der Waals surface area contributed by atoms with Crippen LogP contribution in [0.3, 0.4) is 0 Å². The van der Waals surface area contributed by atoms with Crippen molar-refractivity contribution in [2.24, 2.45) is 11.8 Å². The van der Waals surface area contributed by atoms with E-state index in [0.29, 0.717) is 23.7 Å². The van der Waals surface area contributed by atoms with Gasteiger partial charge in [-0.05, 0) is 44.4 Å². The topological polar surface area (TPSA) is 89.3 Å². The maximum absolute atomic E-state index is 12.3. The van der Waals surface area contributed by atoms with Crippen LogP contribution in [0.4, 0.5) is 4.79 Å². The second kappa shape index (κ2) is 6.86. The number of nitrogens with zero attached hydrogens (tertiary/aromatic N) is 2. The molecular weight excluding hydrogens is 296 g/mol. The normalized spacial score (nSPS) is 26.1. The monoisotopic (exact) mass is 322 g/mol. The molecular formula is C16H26N4O3. The van der Waals surface area contributed by atoms with Gasteiger partial charge in [0.2, 0.25) is 5.89 Å². The van der Waals surface area contributed by atoms with Crippen LogP contribution in [0, 0.1) is 18.8 Å². The Morgan fingerprint density at radius 1 is 1.30 bits per heavy atom. The zero-order valence-corrected chi connectivity index (χ0v) is 14.0. The fourth-order valence-corrected chi connectivity index (χ4v) is 3.08. The van der Waals surface area contributed by atoms with Crippen LogP contribution in [-0.4, -0.2) is 34.9 Å². The second-order valence-corrected chi connectivity index (χ2v) is 6.99. The summed E-state index contributed by atoms with van der Waals surface area (Å²) in [7, 11) is 0. The maximum Gasteiger partial charge on any atom is 0.315 e. The number of hydrogen-bond acceptors (Lipinski definition) is 5. The molecule has 0 unspecified atom stereocenters. The van der Waals surface area contributed by atoms with Crippen LogP contribution < -0.4 is 10.6 Å². The molecule has 2 aliphatic rings. The van der Waals surface area contributed by atoms with E-state index in [1.54, 1.807) is 6.92 Å². The molecule has 0 spiro atoms. The number of nitrogens with one attached hydrogen (secondary N) is 2. The molecule has 3 atom stereocenters. The Kier molecular flexibility index (Phi) is 4.84. The summed E-state index contributed by atoms with van der Waals surface area (Å²) in [6.45, 7) is 6.52. The summed E-state index contributed by atoms with van der Waals surface area (Å²) >= 11 is 0. The summed E-state index contributed by atoms with van der Waals surface area (Å²) in [5, 5.41) is 9.84. The van der Waals surface area contributed by atoms with Gasteiger partial charge in [-0.2, -0.15) is 4.98 Å². The van der Waals surface area contributed by atoms with Crippen LogP contribution in [-0.2, 0) is 4.74 Å². The van der Waals surface area contributed by atoms with Gasteiger partial charge >= 0.3 is 6.03 Å². The first-order chi connectivity index (χ1) is 11.0. The average Bonchev–Trinajstić information content (AvgIpc) is 3.27. The van der Waals surface area contributed by atoms with Crippen molar-refractivity contribution >= 4 is 6.03 Å². The lowest BCUT2D eigenvalue weighted by Crippen LogP contribution is -2.48. The van der Waals surface area contributed by atoms with Gasteiger partial charge in [0, 0.05) is 12.6 Å². The van der Waals surface area contributed by atoms with E-state index in [4.69, 9.17) is 9.26 Å². The minimum atomic E-state index is -0.282. The molecule has 2 N–H and O–H groups in total. The number of aromatic nitrogens is 2. The van der Waals surface area contributed by atoms with Gasteiger partial charge in [0.15, 0.2) is 5.82 Å². The Balaban J connectivity index is 1.54. The fraction of sp³-hybridized carbons (Fsp3) is 0.812. The molecule has 1 saturated heterocycles. The van der Waals surface area contributed by atoms with Gasteiger partial charge in [0.25, 0.3) is 0 Å². The van der Waals surface area contributed by atoms with Gasteiger partial charge in [-0.3, -0.25) is 0 Å². The summed E-state index contributed by atoms with van der Waals surface area (Å²) < 4.78 is 11.0. The van der Waals surface area contributed by atoms with Crippen molar-refractivity contribution in [3.05, 3.63) is 11.7 Å². The van der Waals surface area contributed by atoms with Crippen molar-refractivity contribution in [3.8, 4) is 0 Å². The second-order valence-electron chi connectivity index (χ2n) is 6.99. The van der Waals surface area contributed by atoms with Crippen molar-refractivity contribution in [2.45, 2.75) is 64.6 Å². The molecule has 0 bridgehead atoms. The van der Waals surface area contributed by atoms with Gasteiger partial charge in [-0.15, -0.1) is 0 Å². The van der Waals surface area contributed by atoms with Crippen LogP contribution in [0.25, 0.3) is 0 Å². The molecule has 7 nitrogen and oxygen atoms in total. The van der Waals surface area contributed by atoms with Gasteiger partial charge in [0.1, 0.15) is 6.04 Å². The van der Waals surface area contributed by atoms with Crippen LogP contribution in [0.1, 0.15) is 57.3 Å². The largest absolute Gasteiger partial charge is 0.378 e. The lowest BCUT2D eigenvalue weighted by Gasteiger charge is -2.31. The predicted molar refractivity (Wildman–Crippen MR) is 83.8 cm³/mol. The van der Waals surface area contributed by atoms with Crippen LogP contribution in [0.15, 0.2) is 4.52 Å². The highest BCUT2D eigenvalue weighted by Crippen LogP contribution is 2.38. The number of rotatable bonds is 5. The standard InChI is InChI=1S/C16H26N4O3/c1-9(2)14(15-17-10(3)20-23-15)19-16(21)18-12-6-7-22-13(8-12)11-4-5-11/h9,11-14H,4-8H2,1-3H3,(H2,18,19,21)/t12-,13+,14+/m0/s1. The number of amides is 2. The van der Waals surface area contributed by atoms with Crippen LogP contribution in [0.5, 0.6) is 0 Å². The van der Waals surface area contributed by atoms with Crippen LogP contribution in [0.2, 0.25) is 0 Å². The molecule has 0 aromatic carbocycles. The summed E-state index contributed by atoms with van der Waals surface area (Å²) in [6, 6.07) is -0.289. The molecule has 3 rings (SSSR count). The Labute approximate surface area is 136 Å². The molecule has 2 amide bonds. The Bertz CT molecular complexity index is 541. The highest BCUT2D eigenvalue weighted by molar-refractivity contribution is 5.74. The summed E-state index contributed by atoms with van der Waals surface area (Å²) in [6.07, 6.45) is 4.60. The van der Waals surface area contributed by atoms with Crippen molar-refractivity contribution in [1.82, 2.24) is 20.8 Å². The highest BCUT2D eigenvalue weighted by Gasteiger charge is 2.36. The Hall–Kier alpha value is -1.63. The zero-order chi connectivity index (χ0) is 16.4. The lowest BCUT2D eigenvalue weighted by atomic mass is 10.00. The number of carbonyl (C=O) groups is 1. The van der Waals surface area contributed by atoms with Crippen molar-refractivity contribution < 1.29 is 14.1 Å². The van der Waals surface area contributed by atoms with E-state index in [2.05, 4.69) is 20.8 Å². The number of urea groups is 1. The molecule has 2 fully saturated rings. The highest BCUT2D eigenvalue weighted by atomic mass is 16.5. The van der Waals surface area contributed by atoms with Crippen molar-refractivity contribution in [2.75, 3.05) is 6.61 Å². The first kappa shape index (κ1) is 16.2. The smallest absolute Gasteiger partial charge is 0.315 e. The molecule has 0 radical (unpaired) electrons. The Morgan fingerprint density at radius 3 is 2.70 bits per heavy atom. The number of carbonyl (C=O) groups excluding carboxylic acids is 1. The molecule has 7 heteroatoms. The zero-order valence-electron chi connectivity index (χ0n) is 14.0. The SMILES string of the molecule is Cc1noc([C@H](NC(=O)N[C@H]2CCO[C@@H](C3CC3)C2)C(C)C)n1. The van der Waals surface area contributed by atoms with Crippen LogP contribution >= 0.6 is 0 Å². The molecule has 1 aliphatic heterocycles. The molecule has 2 heterocycles. The summed E-state index contributed by atoms with van der Waals surface area (Å²) in [4.78, 5) is 16.6. The fourth-order valence-electron chi connectivity index (χ4n) is 3.08. The van der Waals surface area contributed by atoms with Crippen molar-refractivity contribution in [1.29, 1.82) is 0 Å². The van der Waals surface area contributed by atoms with Crippen molar-refractivity contribution in [3.63, 3.8) is 0 Å². The molecule has 23 heavy (non-hydrogen) atoms. The van der Waals surface area contributed by atoms with Gasteiger partial charge in [-0.25, -0.2) is 4.79 Å². The van der Waals surface area contributed by atoms with E-state index in [0.717, 1.165) is 19.4 Å². The molecule has 1 saturated carbocycles. The molecule has 1 aliphatic carbocycles. The molecule has 128 valence electrons. The van der Waals surface area contributed by atoms with E-state index in [9.17, 15) is 4.79 Å². The minimum absolute atomic E-state index is 0.162. The van der Waals surface area contributed by atoms with E-state index in [1.165, 1.54) is 12.8 Å². The molecule has 1 aromatic heterocycles. The number of aryl methyl sites for hydroxylation is 1.